The van der Waals surface area contributed by atoms with E-state index in [1.54, 1.807) is 6.07 Å². The summed E-state index contributed by atoms with van der Waals surface area (Å²) in [5, 5.41) is 15.9. The lowest BCUT2D eigenvalue weighted by Crippen LogP contribution is -2.39. The smallest absolute Gasteiger partial charge is 0.354 e. The minimum atomic E-state index is -1.00. The maximum atomic E-state index is 12.1. The number of benzene rings is 1. The largest absolute Gasteiger partial charge is 0.477 e. The predicted octanol–water partition coefficient (Wildman–Crippen LogP) is 4.79. The first-order valence-electron chi connectivity index (χ1n) is 13.9. The lowest BCUT2D eigenvalue weighted by atomic mass is 9.92. The van der Waals surface area contributed by atoms with Crippen LogP contribution in [0, 0.1) is 5.92 Å². The van der Waals surface area contributed by atoms with Crippen molar-refractivity contribution in [3.8, 4) is 5.69 Å². The molecule has 8 nitrogen and oxygen atoms in total. The van der Waals surface area contributed by atoms with Crippen LogP contribution < -0.4 is 4.90 Å². The minimum absolute atomic E-state index is 0.0779. The summed E-state index contributed by atoms with van der Waals surface area (Å²) < 4.78 is 7.32. The molecule has 37 heavy (non-hydrogen) atoms. The average molecular weight is 506 g/mol. The van der Waals surface area contributed by atoms with Gasteiger partial charge in [0.25, 0.3) is 0 Å². The zero-order valence-electron chi connectivity index (χ0n) is 21.9. The molecule has 1 aromatic carbocycles. The number of pyridine rings is 1. The number of hydrogen-bond donors (Lipinski definition) is 1. The molecule has 0 saturated carbocycles. The van der Waals surface area contributed by atoms with Crippen molar-refractivity contribution in [3.63, 3.8) is 0 Å². The van der Waals surface area contributed by atoms with Gasteiger partial charge in [0.15, 0.2) is 11.3 Å². The topological polar surface area (TPSA) is 83.7 Å². The number of piperidine rings is 1. The third kappa shape index (κ3) is 5.96. The fraction of sp³-hybridized carbons (Fsp3) is 0.552. The maximum Gasteiger partial charge on any atom is 0.354 e. The number of carboxylic acids is 1. The van der Waals surface area contributed by atoms with Gasteiger partial charge >= 0.3 is 5.97 Å². The van der Waals surface area contributed by atoms with Crippen LogP contribution >= 0.6 is 0 Å². The molecule has 5 rings (SSSR count). The standard InChI is InChI=1S/C29H39N5O3/c1-2-3-5-10-24-27-26(33-15-12-22(13-16-33)11-14-32-17-19-37-20-18-32)21-25(29(35)36)30-28(27)34(31-24)23-8-6-4-7-9-23/h4,6-9,21-22H,2-3,5,10-20H2,1H3,(H,35,36). The molecule has 2 fully saturated rings. The molecule has 4 heterocycles. The summed E-state index contributed by atoms with van der Waals surface area (Å²) >= 11 is 0. The fourth-order valence-electron chi connectivity index (χ4n) is 5.64. The van der Waals surface area contributed by atoms with Crippen molar-refractivity contribution in [1.82, 2.24) is 19.7 Å². The Labute approximate surface area is 219 Å². The lowest BCUT2D eigenvalue weighted by molar-refractivity contribution is 0.0349. The molecule has 0 spiro atoms. The Morgan fingerprint density at radius 3 is 2.54 bits per heavy atom. The Bertz CT molecular complexity index is 1180. The highest BCUT2D eigenvalue weighted by Gasteiger charge is 2.27. The number of carboxylic acid groups (broad SMARTS) is 1. The normalized spacial score (nSPS) is 17.5. The Morgan fingerprint density at radius 2 is 1.84 bits per heavy atom. The highest BCUT2D eigenvalue weighted by Crippen LogP contribution is 2.35. The molecule has 0 aliphatic carbocycles. The first-order chi connectivity index (χ1) is 18.1. The van der Waals surface area contributed by atoms with Gasteiger partial charge in [-0.2, -0.15) is 5.10 Å². The maximum absolute atomic E-state index is 12.1. The number of para-hydroxylation sites is 1. The molecular formula is C29H39N5O3. The Hall–Kier alpha value is -2.97. The van der Waals surface area contributed by atoms with Gasteiger partial charge < -0.3 is 14.7 Å². The highest BCUT2D eigenvalue weighted by atomic mass is 16.5. The van der Waals surface area contributed by atoms with Crippen molar-refractivity contribution >= 4 is 22.7 Å². The molecule has 198 valence electrons. The van der Waals surface area contributed by atoms with E-state index in [-0.39, 0.29) is 5.69 Å². The van der Waals surface area contributed by atoms with Gasteiger partial charge in [-0.1, -0.05) is 38.0 Å². The molecule has 1 N–H and O–H groups in total. The van der Waals surface area contributed by atoms with Crippen molar-refractivity contribution in [2.45, 2.75) is 51.9 Å². The van der Waals surface area contributed by atoms with Gasteiger partial charge in [0.05, 0.1) is 35.7 Å². The molecule has 0 bridgehead atoms. The molecule has 0 radical (unpaired) electrons. The van der Waals surface area contributed by atoms with E-state index in [1.807, 2.05) is 35.0 Å². The molecule has 3 aromatic rings. The van der Waals surface area contributed by atoms with Gasteiger partial charge in [-0.25, -0.2) is 14.5 Å². The number of carbonyl (C=O) groups is 1. The molecular weight excluding hydrogens is 466 g/mol. The third-order valence-corrected chi connectivity index (χ3v) is 7.84. The summed E-state index contributed by atoms with van der Waals surface area (Å²) in [5.74, 6) is -0.302. The van der Waals surface area contributed by atoms with Crippen LogP contribution in [0.5, 0.6) is 0 Å². The zero-order chi connectivity index (χ0) is 25.6. The number of anilines is 1. The van der Waals surface area contributed by atoms with Crippen LogP contribution in [0.15, 0.2) is 36.4 Å². The summed E-state index contributed by atoms with van der Waals surface area (Å²) in [7, 11) is 0. The summed E-state index contributed by atoms with van der Waals surface area (Å²) in [4.78, 5) is 21.6. The van der Waals surface area contributed by atoms with Crippen molar-refractivity contribution < 1.29 is 14.6 Å². The van der Waals surface area contributed by atoms with Crippen LogP contribution in [0.4, 0.5) is 5.69 Å². The van der Waals surface area contributed by atoms with Crippen molar-refractivity contribution in [3.05, 3.63) is 47.8 Å². The number of morpholine rings is 1. The number of aromatic carboxylic acids is 1. The van der Waals surface area contributed by atoms with E-state index in [4.69, 9.17) is 9.84 Å². The van der Waals surface area contributed by atoms with Crippen molar-refractivity contribution in [2.24, 2.45) is 5.92 Å². The summed E-state index contributed by atoms with van der Waals surface area (Å²) in [6.45, 7) is 8.97. The molecule has 2 saturated heterocycles. The van der Waals surface area contributed by atoms with E-state index >= 15 is 0 Å². The van der Waals surface area contributed by atoms with E-state index < -0.39 is 5.97 Å². The van der Waals surface area contributed by atoms with Gasteiger partial charge in [0.1, 0.15) is 0 Å². The molecule has 0 amide bonds. The van der Waals surface area contributed by atoms with Gasteiger partial charge in [-0.05, 0) is 62.8 Å². The highest BCUT2D eigenvalue weighted by molar-refractivity contribution is 5.98. The molecule has 0 atom stereocenters. The number of aromatic nitrogens is 3. The monoisotopic (exact) mass is 505 g/mol. The van der Waals surface area contributed by atoms with E-state index in [9.17, 15) is 9.90 Å². The summed E-state index contributed by atoms with van der Waals surface area (Å²) in [6, 6.07) is 11.7. The summed E-state index contributed by atoms with van der Waals surface area (Å²) in [5.41, 5.74) is 3.61. The molecule has 8 heteroatoms. The third-order valence-electron chi connectivity index (χ3n) is 7.84. The van der Waals surface area contributed by atoms with E-state index in [0.717, 1.165) is 107 Å². The number of fused-ring (bicyclic) bond motifs is 1. The molecule has 2 aliphatic heterocycles. The number of aryl methyl sites for hydroxylation is 1. The zero-order valence-corrected chi connectivity index (χ0v) is 21.9. The fourth-order valence-corrected chi connectivity index (χ4v) is 5.64. The minimum Gasteiger partial charge on any atom is -0.477 e. The van der Waals surface area contributed by atoms with Gasteiger partial charge in [-0.3, -0.25) is 4.90 Å². The molecule has 0 unspecified atom stereocenters. The second-order valence-electron chi connectivity index (χ2n) is 10.4. The van der Waals surface area contributed by atoms with Crippen molar-refractivity contribution in [1.29, 1.82) is 0 Å². The van der Waals surface area contributed by atoms with E-state index in [0.29, 0.717) is 11.6 Å². The number of ether oxygens (including phenoxy) is 1. The summed E-state index contributed by atoms with van der Waals surface area (Å²) in [6.07, 6.45) is 7.66. The van der Waals surface area contributed by atoms with Crippen LogP contribution in [0.25, 0.3) is 16.7 Å². The van der Waals surface area contributed by atoms with Crippen LogP contribution in [0.2, 0.25) is 0 Å². The average Bonchev–Trinajstić information content (AvgIpc) is 3.31. The first-order valence-corrected chi connectivity index (χ1v) is 13.9. The Kier molecular flexibility index (Phi) is 8.36. The number of rotatable bonds is 10. The number of unbranched alkanes of at least 4 members (excludes halogenated alkanes) is 2. The van der Waals surface area contributed by atoms with E-state index in [2.05, 4.69) is 21.7 Å². The van der Waals surface area contributed by atoms with Crippen LogP contribution in [0.1, 0.15) is 61.6 Å². The van der Waals surface area contributed by atoms with Crippen LogP contribution in [-0.4, -0.2) is 76.7 Å². The first kappa shape index (κ1) is 25.7. The van der Waals surface area contributed by atoms with E-state index in [1.165, 1.54) is 6.42 Å². The van der Waals surface area contributed by atoms with Gasteiger partial charge in [-0.15, -0.1) is 0 Å². The quantitative estimate of drug-likeness (QED) is 0.397. The lowest BCUT2D eigenvalue weighted by Gasteiger charge is -2.35. The van der Waals surface area contributed by atoms with Crippen LogP contribution in [0.3, 0.4) is 0 Å². The van der Waals surface area contributed by atoms with Crippen LogP contribution in [-0.2, 0) is 11.2 Å². The Morgan fingerprint density at radius 1 is 1.08 bits per heavy atom. The number of hydrogen-bond acceptors (Lipinski definition) is 6. The molecule has 2 aromatic heterocycles. The predicted molar refractivity (Wildman–Crippen MR) is 146 cm³/mol. The second kappa shape index (κ2) is 12.0. The van der Waals surface area contributed by atoms with Gasteiger partial charge in [0, 0.05) is 26.2 Å². The van der Waals surface area contributed by atoms with Gasteiger partial charge in [0.2, 0.25) is 0 Å². The van der Waals surface area contributed by atoms with Crippen molar-refractivity contribution in [2.75, 3.05) is 50.8 Å². The SMILES string of the molecule is CCCCCc1nn(-c2ccccc2)c2nc(C(=O)O)cc(N3CCC(CCN4CCOCC4)CC3)c12. The number of nitrogens with zero attached hydrogens (tertiary/aromatic N) is 5. The molecule has 2 aliphatic rings. The second-order valence-corrected chi connectivity index (χ2v) is 10.4. The Balaban J connectivity index is 1.43.